The Balaban J connectivity index is 1.50. The van der Waals surface area contributed by atoms with Gasteiger partial charge >= 0.3 is 0 Å². The quantitative estimate of drug-likeness (QED) is 0.643. The number of rotatable bonds is 7. The molecular formula is C15H15N5O2S3. The Morgan fingerprint density at radius 3 is 2.60 bits per heavy atom. The largest absolute Gasteiger partial charge is 0.302 e. The van der Waals surface area contributed by atoms with E-state index in [0.29, 0.717) is 22.4 Å². The highest BCUT2D eigenvalue weighted by molar-refractivity contribution is 7.15. The minimum absolute atomic E-state index is 0.117. The monoisotopic (exact) mass is 393 g/mol. The molecule has 0 aliphatic rings. The lowest BCUT2D eigenvalue weighted by molar-refractivity contribution is -0.116. The first kappa shape index (κ1) is 17.6. The van der Waals surface area contributed by atoms with E-state index < -0.39 is 0 Å². The van der Waals surface area contributed by atoms with E-state index in [0.717, 1.165) is 16.3 Å². The minimum atomic E-state index is -0.208. The molecule has 0 bridgehead atoms. The van der Waals surface area contributed by atoms with Crippen molar-refractivity contribution in [3.05, 3.63) is 38.5 Å². The average molecular weight is 394 g/mol. The Bertz CT molecular complexity index is 856. The van der Waals surface area contributed by atoms with Gasteiger partial charge in [-0.1, -0.05) is 24.3 Å². The van der Waals surface area contributed by atoms with E-state index in [9.17, 15) is 9.59 Å². The van der Waals surface area contributed by atoms with Crippen LogP contribution in [0.3, 0.4) is 0 Å². The number of carbonyl (C=O) groups excluding carboxylic acids is 2. The molecule has 0 radical (unpaired) electrons. The van der Waals surface area contributed by atoms with Crippen LogP contribution >= 0.6 is 34.0 Å². The molecular weight excluding hydrogens is 378 g/mol. The van der Waals surface area contributed by atoms with Gasteiger partial charge in [-0.2, -0.15) is 0 Å². The second-order valence-corrected chi connectivity index (χ2v) is 7.98. The van der Waals surface area contributed by atoms with Crippen LogP contribution in [0, 0.1) is 0 Å². The van der Waals surface area contributed by atoms with E-state index >= 15 is 0 Å². The second kappa shape index (κ2) is 8.28. The highest BCUT2D eigenvalue weighted by Crippen LogP contribution is 2.19. The van der Waals surface area contributed by atoms with Crippen LogP contribution in [-0.4, -0.2) is 27.0 Å². The first-order chi connectivity index (χ1) is 12.1. The standard InChI is InChI=1S/C15H15N5O2S3/c1-2-13-19-20-15(25-13)18-11(21)6-9-8-24-14(16-9)17-12(22)7-10-4-3-5-23-10/h3-5,8H,2,6-7H2,1H3,(H,16,17,22)(H,18,20,21). The van der Waals surface area contributed by atoms with Gasteiger partial charge in [-0.05, 0) is 17.9 Å². The molecule has 10 heteroatoms. The van der Waals surface area contributed by atoms with E-state index in [1.165, 1.54) is 34.0 Å². The van der Waals surface area contributed by atoms with Crippen LogP contribution in [0.2, 0.25) is 0 Å². The van der Waals surface area contributed by atoms with E-state index in [4.69, 9.17) is 0 Å². The molecule has 130 valence electrons. The highest BCUT2D eigenvalue weighted by atomic mass is 32.1. The lowest BCUT2D eigenvalue weighted by Crippen LogP contribution is -2.15. The van der Waals surface area contributed by atoms with E-state index in [1.54, 1.807) is 5.38 Å². The number of nitrogens with zero attached hydrogens (tertiary/aromatic N) is 3. The molecule has 25 heavy (non-hydrogen) atoms. The summed E-state index contributed by atoms with van der Waals surface area (Å²) in [5, 5.41) is 18.9. The predicted molar refractivity (Wildman–Crippen MR) is 100 cm³/mol. The van der Waals surface area contributed by atoms with Gasteiger partial charge in [0.2, 0.25) is 16.9 Å². The van der Waals surface area contributed by atoms with Crippen molar-refractivity contribution in [1.29, 1.82) is 0 Å². The molecule has 0 atom stereocenters. The molecule has 0 unspecified atom stereocenters. The third-order valence-corrected chi connectivity index (χ3v) is 5.74. The molecule has 0 saturated heterocycles. The molecule has 0 aromatic carbocycles. The van der Waals surface area contributed by atoms with Crippen molar-refractivity contribution in [2.24, 2.45) is 0 Å². The Hall–Kier alpha value is -2.17. The van der Waals surface area contributed by atoms with Crippen LogP contribution in [-0.2, 0) is 28.9 Å². The van der Waals surface area contributed by atoms with Crippen molar-refractivity contribution in [3.63, 3.8) is 0 Å². The lowest BCUT2D eigenvalue weighted by Gasteiger charge is -2.00. The Kier molecular flexibility index (Phi) is 5.84. The summed E-state index contributed by atoms with van der Waals surface area (Å²) in [4.78, 5) is 29.3. The Morgan fingerprint density at radius 1 is 1.08 bits per heavy atom. The number of carbonyl (C=O) groups is 2. The lowest BCUT2D eigenvalue weighted by atomic mass is 10.3. The van der Waals surface area contributed by atoms with Gasteiger partial charge in [0.15, 0.2) is 5.13 Å². The Morgan fingerprint density at radius 2 is 1.88 bits per heavy atom. The van der Waals surface area contributed by atoms with Crippen molar-refractivity contribution >= 4 is 56.1 Å². The molecule has 3 heterocycles. The summed E-state index contributed by atoms with van der Waals surface area (Å²) in [5.74, 6) is -0.325. The van der Waals surface area contributed by atoms with Crippen molar-refractivity contribution in [3.8, 4) is 0 Å². The van der Waals surface area contributed by atoms with Crippen LogP contribution in [0.1, 0.15) is 22.5 Å². The zero-order valence-corrected chi connectivity index (χ0v) is 15.8. The number of amides is 2. The average Bonchev–Trinajstić information content (AvgIpc) is 3.30. The van der Waals surface area contributed by atoms with Crippen molar-refractivity contribution in [2.75, 3.05) is 10.6 Å². The summed E-state index contributed by atoms with van der Waals surface area (Å²) in [6.07, 6.45) is 1.23. The number of aryl methyl sites for hydroxylation is 1. The van der Waals surface area contributed by atoms with E-state index in [-0.39, 0.29) is 18.2 Å². The molecule has 3 rings (SSSR count). The van der Waals surface area contributed by atoms with Crippen LogP contribution in [0.5, 0.6) is 0 Å². The topological polar surface area (TPSA) is 96.9 Å². The van der Waals surface area contributed by atoms with Gasteiger partial charge in [0.25, 0.3) is 0 Å². The van der Waals surface area contributed by atoms with Crippen molar-refractivity contribution < 1.29 is 9.59 Å². The maximum Gasteiger partial charge on any atom is 0.232 e. The number of thiophene rings is 1. The normalized spacial score (nSPS) is 10.6. The minimum Gasteiger partial charge on any atom is -0.302 e. The number of hydrogen-bond acceptors (Lipinski definition) is 8. The fraction of sp³-hybridized carbons (Fsp3) is 0.267. The molecule has 2 amide bonds. The number of aromatic nitrogens is 3. The molecule has 0 fully saturated rings. The molecule has 0 aliphatic carbocycles. The van der Waals surface area contributed by atoms with Crippen LogP contribution < -0.4 is 10.6 Å². The fourth-order valence-corrected chi connectivity index (χ4v) is 4.08. The van der Waals surface area contributed by atoms with Crippen molar-refractivity contribution in [2.45, 2.75) is 26.2 Å². The van der Waals surface area contributed by atoms with Gasteiger partial charge in [-0.3, -0.25) is 9.59 Å². The third-order valence-electron chi connectivity index (χ3n) is 3.07. The zero-order valence-electron chi connectivity index (χ0n) is 13.3. The molecule has 3 aromatic rings. The maximum atomic E-state index is 12.0. The first-order valence-electron chi connectivity index (χ1n) is 7.51. The summed E-state index contributed by atoms with van der Waals surface area (Å²) in [6.45, 7) is 1.98. The SMILES string of the molecule is CCc1nnc(NC(=O)Cc2csc(NC(=O)Cc3cccs3)n2)s1. The van der Waals surface area contributed by atoms with Crippen LogP contribution in [0.4, 0.5) is 10.3 Å². The summed E-state index contributed by atoms with van der Waals surface area (Å²) in [6, 6.07) is 3.83. The molecule has 0 spiro atoms. The Labute approximate surface area is 156 Å². The molecule has 2 N–H and O–H groups in total. The number of thiazole rings is 1. The predicted octanol–water partition coefficient (Wildman–Crippen LogP) is 2.98. The smallest absolute Gasteiger partial charge is 0.232 e. The van der Waals surface area contributed by atoms with Crippen LogP contribution in [0.25, 0.3) is 0 Å². The number of hydrogen-bond donors (Lipinski definition) is 2. The molecule has 0 saturated carbocycles. The highest BCUT2D eigenvalue weighted by Gasteiger charge is 2.12. The summed E-state index contributed by atoms with van der Waals surface area (Å²) >= 11 is 4.20. The summed E-state index contributed by atoms with van der Waals surface area (Å²) in [7, 11) is 0. The first-order valence-corrected chi connectivity index (χ1v) is 10.1. The second-order valence-electron chi connectivity index (χ2n) is 5.03. The van der Waals surface area contributed by atoms with Gasteiger partial charge in [0, 0.05) is 10.3 Å². The van der Waals surface area contributed by atoms with Gasteiger partial charge < -0.3 is 10.6 Å². The van der Waals surface area contributed by atoms with Crippen LogP contribution in [0.15, 0.2) is 22.9 Å². The molecule has 0 aliphatic heterocycles. The fourth-order valence-electron chi connectivity index (χ4n) is 1.96. The van der Waals surface area contributed by atoms with Gasteiger partial charge in [0.1, 0.15) is 5.01 Å². The molecule has 3 aromatic heterocycles. The number of nitrogens with one attached hydrogen (secondary N) is 2. The van der Waals surface area contributed by atoms with Gasteiger partial charge in [0.05, 0.1) is 18.5 Å². The van der Waals surface area contributed by atoms with Crippen molar-refractivity contribution in [1.82, 2.24) is 15.2 Å². The molecule has 7 nitrogen and oxygen atoms in total. The number of anilines is 2. The maximum absolute atomic E-state index is 12.0. The summed E-state index contributed by atoms with van der Waals surface area (Å²) in [5.41, 5.74) is 0.606. The van der Waals surface area contributed by atoms with Gasteiger partial charge in [-0.15, -0.1) is 32.9 Å². The zero-order chi connectivity index (χ0) is 17.6. The van der Waals surface area contributed by atoms with Gasteiger partial charge in [-0.25, -0.2) is 4.98 Å². The van der Waals surface area contributed by atoms with E-state index in [2.05, 4.69) is 25.8 Å². The summed E-state index contributed by atoms with van der Waals surface area (Å²) < 4.78 is 0. The third kappa shape index (κ3) is 5.15. The van der Waals surface area contributed by atoms with E-state index in [1.807, 2.05) is 24.4 Å².